The molecular formula is C22H27N5O. The Morgan fingerprint density at radius 1 is 1.00 bits per heavy atom. The van der Waals surface area contributed by atoms with Crippen molar-refractivity contribution >= 4 is 0 Å². The molecule has 146 valence electrons. The molecule has 0 spiro atoms. The fourth-order valence-corrected chi connectivity index (χ4v) is 3.78. The van der Waals surface area contributed by atoms with Gasteiger partial charge in [0, 0.05) is 48.7 Å². The zero-order valence-electron chi connectivity index (χ0n) is 16.3. The first-order valence-electron chi connectivity index (χ1n) is 10.0. The maximum atomic E-state index is 5.41. The highest BCUT2D eigenvalue weighted by Crippen LogP contribution is 2.30. The van der Waals surface area contributed by atoms with Crippen molar-refractivity contribution in [3.05, 3.63) is 66.0 Å². The van der Waals surface area contributed by atoms with E-state index in [0.717, 1.165) is 41.5 Å². The van der Waals surface area contributed by atoms with Crippen LogP contribution in [0.2, 0.25) is 0 Å². The Bertz CT molecular complexity index is 884. The zero-order chi connectivity index (χ0) is 19.2. The molecule has 2 aromatic heterocycles. The van der Waals surface area contributed by atoms with E-state index >= 15 is 0 Å². The predicted molar refractivity (Wildman–Crippen MR) is 109 cm³/mol. The molecule has 0 saturated heterocycles. The van der Waals surface area contributed by atoms with Crippen molar-refractivity contribution in [1.82, 2.24) is 25.1 Å². The summed E-state index contributed by atoms with van der Waals surface area (Å²) in [5.41, 5.74) is 3.16. The van der Waals surface area contributed by atoms with Gasteiger partial charge in [0.15, 0.2) is 0 Å². The van der Waals surface area contributed by atoms with E-state index in [1.165, 1.54) is 32.1 Å². The summed E-state index contributed by atoms with van der Waals surface area (Å²) in [7, 11) is 1.67. The van der Waals surface area contributed by atoms with Crippen LogP contribution in [0.15, 0.2) is 49.1 Å². The van der Waals surface area contributed by atoms with Crippen molar-refractivity contribution in [2.24, 2.45) is 0 Å². The normalized spacial score (nSPS) is 14.9. The molecule has 1 aliphatic carbocycles. The number of rotatable bonds is 7. The summed E-state index contributed by atoms with van der Waals surface area (Å²) in [6.45, 7) is 1.48. The average molecular weight is 377 g/mol. The first kappa shape index (κ1) is 18.6. The molecular weight excluding hydrogens is 350 g/mol. The molecule has 0 amide bonds. The van der Waals surface area contributed by atoms with E-state index in [4.69, 9.17) is 4.74 Å². The predicted octanol–water partition coefficient (Wildman–Crippen LogP) is 4.01. The lowest BCUT2D eigenvalue weighted by Crippen LogP contribution is -2.14. The number of hydrogen-bond acceptors (Lipinski definition) is 5. The van der Waals surface area contributed by atoms with Crippen LogP contribution in [0.1, 0.15) is 55.0 Å². The highest BCUT2D eigenvalue weighted by atomic mass is 16.5. The molecule has 0 unspecified atom stereocenters. The van der Waals surface area contributed by atoms with Crippen molar-refractivity contribution in [1.29, 1.82) is 0 Å². The summed E-state index contributed by atoms with van der Waals surface area (Å²) in [5.74, 6) is 2.37. The third kappa shape index (κ3) is 4.39. The SMILES string of the molecule is COc1ccccc1-n1cc(CNCc2cnc(C3CCCCC3)nc2)cn1. The third-order valence-corrected chi connectivity index (χ3v) is 5.32. The number of para-hydroxylation sites is 2. The highest BCUT2D eigenvalue weighted by Gasteiger charge is 2.17. The monoisotopic (exact) mass is 377 g/mol. The van der Waals surface area contributed by atoms with E-state index in [1.54, 1.807) is 7.11 Å². The molecule has 28 heavy (non-hydrogen) atoms. The van der Waals surface area contributed by atoms with Gasteiger partial charge in [0.25, 0.3) is 0 Å². The lowest BCUT2D eigenvalue weighted by atomic mass is 9.89. The first-order valence-corrected chi connectivity index (χ1v) is 10.0. The van der Waals surface area contributed by atoms with Crippen LogP contribution in [-0.4, -0.2) is 26.9 Å². The summed E-state index contributed by atoms with van der Waals surface area (Å²) in [6.07, 6.45) is 14.2. The summed E-state index contributed by atoms with van der Waals surface area (Å²) < 4.78 is 7.26. The zero-order valence-corrected chi connectivity index (χ0v) is 16.3. The molecule has 1 N–H and O–H groups in total. The Labute approximate surface area is 166 Å². The number of benzene rings is 1. The largest absolute Gasteiger partial charge is 0.494 e. The van der Waals surface area contributed by atoms with Gasteiger partial charge in [-0.3, -0.25) is 0 Å². The quantitative estimate of drug-likeness (QED) is 0.674. The lowest BCUT2D eigenvalue weighted by molar-refractivity contribution is 0.411. The molecule has 0 atom stereocenters. The maximum absolute atomic E-state index is 5.41. The third-order valence-electron chi connectivity index (χ3n) is 5.32. The van der Waals surface area contributed by atoms with Gasteiger partial charge in [-0.2, -0.15) is 5.10 Å². The second-order valence-electron chi connectivity index (χ2n) is 7.35. The molecule has 0 radical (unpaired) electrons. The van der Waals surface area contributed by atoms with Crippen LogP contribution in [-0.2, 0) is 13.1 Å². The molecule has 0 aliphatic heterocycles. The molecule has 2 heterocycles. The molecule has 0 bridgehead atoms. The minimum Gasteiger partial charge on any atom is -0.494 e. The van der Waals surface area contributed by atoms with Crippen molar-refractivity contribution < 1.29 is 4.74 Å². The maximum Gasteiger partial charge on any atom is 0.144 e. The Morgan fingerprint density at radius 2 is 1.75 bits per heavy atom. The molecule has 6 nitrogen and oxygen atoms in total. The van der Waals surface area contributed by atoms with Gasteiger partial charge in [-0.1, -0.05) is 31.4 Å². The number of nitrogens with zero attached hydrogens (tertiary/aromatic N) is 4. The molecule has 4 rings (SSSR count). The standard InChI is InChI=1S/C22H27N5O/c1-28-21-10-6-5-9-20(21)27-16-18(15-26-27)12-23-11-17-13-24-22(25-14-17)19-7-3-2-4-8-19/h5-6,9-10,13-16,19,23H,2-4,7-8,11-12H2,1H3. The molecule has 1 saturated carbocycles. The van der Waals surface area contributed by atoms with E-state index in [9.17, 15) is 0 Å². The molecule has 1 fully saturated rings. The van der Waals surface area contributed by atoms with Gasteiger partial charge in [-0.05, 0) is 25.0 Å². The van der Waals surface area contributed by atoms with Crippen LogP contribution in [0, 0.1) is 0 Å². The molecule has 3 aromatic rings. The van der Waals surface area contributed by atoms with Crippen molar-refractivity contribution in [3.63, 3.8) is 0 Å². The van der Waals surface area contributed by atoms with E-state index in [2.05, 4.69) is 20.4 Å². The number of hydrogen-bond donors (Lipinski definition) is 1. The lowest BCUT2D eigenvalue weighted by Gasteiger charge is -2.20. The molecule has 6 heteroatoms. The number of methoxy groups -OCH3 is 1. The minimum absolute atomic E-state index is 0.552. The van der Waals surface area contributed by atoms with Crippen LogP contribution in [0.3, 0.4) is 0 Å². The van der Waals surface area contributed by atoms with Gasteiger partial charge in [-0.15, -0.1) is 0 Å². The van der Waals surface area contributed by atoms with Gasteiger partial charge in [0.05, 0.1) is 13.3 Å². The minimum atomic E-state index is 0.552. The average Bonchev–Trinajstić information content (AvgIpc) is 3.23. The van der Waals surface area contributed by atoms with Gasteiger partial charge >= 0.3 is 0 Å². The first-order chi connectivity index (χ1) is 13.8. The van der Waals surface area contributed by atoms with Crippen LogP contribution in [0.25, 0.3) is 5.69 Å². The Balaban J connectivity index is 1.31. The van der Waals surface area contributed by atoms with Crippen molar-refractivity contribution in [2.75, 3.05) is 7.11 Å². The van der Waals surface area contributed by atoms with Crippen LogP contribution < -0.4 is 10.1 Å². The topological polar surface area (TPSA) is 64.9 Å². The number of aromatic nitrogens is 4. The summed E-state index contributed by atoms with van der Waals surface area (Å²) in [6, 6.07) is 7.87. The van der Waals surface area contributed by atoms with E-state index in [1.807, 2.05) is 53.7 Å². The highest BCUT2D eigenvalue weighted by molar-refractivity contribution is 5.46. The number of nitrogens with one attached hydrogen (secondary N) is 1. The second kappa shape index (κ2) is 8.97. The van der Waals surface area contributed by atoms with Gasteiger partial charge in [0.1, 0.15) is 17.3 Å². The van der Waals surface area contributed by atoms with Crippen molar-refractivity contribution in [2.45, 2.75) is 51.1 Å². The molecule has 1 aliphatic rings. The van der Waals surface area contributed by atoms with E-state index in [-0.39, 0.29) is 0 Å². The van der Waals surface area contributed by atoms with E-state index < -0.39 is 0 Å². The Morgan fingerprint density at radius 3 is 2.54 bits per heavy atom. The van der Waals surface area contributed by atoms with Crippen LogP contribution in [0.4, 0.5) is 0 Å². The summed E-state index contributed by atoms with van der Waals surface area (Å²) in [5, 5.41) is 7.90. The fraction of sp³-hybridized carbons (Fsp3) is 0.409. The smallest absolute Gasteiger partial charge is 0.144 e. The Kier molecular flexibility index (Phi) is 5.97. The van der Waals surface area contributed by atoms with Gasteiger partial charge in [-0.25, -0.2) is 14.6 Å². The summed E-state index contributed by atoms with van der Waals surface area (Å²) >= 11 is 0. The number of ether oxygens (including phenoxy) is 1. The van der Waals surface area contributed by atoms with Crippen LogP contribution >= 0.6 is 0 Å². The summed E-state index contributed by atoms with van der Waals surface area (Å²) in [4.78, 5) is 9.22. The fourth-order valence-electron chi connectivity index (χ4n) is 3.78. The van der Waals surface area contributed by atoms with Crippen molar-refractivity contribution in [3.8, 4) is 11.4 Å². The second-order valence-corrected chi connectivity index (χ2v) is 7.35. The van der Waals surface area contributed by atoms with Crippen LogP contribution in [0.5, 0.6) is 5.75 Å². The Hall–Kier alpha value is -2.73. The van der Waals surface area contributed by atoms with E-state index in [0.29, 0.717) is 5.92 Å². The van der Waals surface area contributed by atoms with Gasteiger partial charge < -0.3 is 10.1 Å². The molecule has 1 aromatic carbocycles. The van der Waals surface area contributed by atoms with Gasteiger partial charge in [0.2, 0.25) is 0 Å².